The number of rotatable bonds is 5. The van der Waals surface area contributed by atoms with Crippen molar-refractivity contribution < 1.29 is 4.79 Å². The van der Waals surface area contributed by atoms with E-state index in [0.29, 0.717) is 23.8 Å². The van der Waals surface area contributed by atoms with Crippen molar-refractivity contribution in [3.63, 3.8) is 0 Å². The van der Waals surface area contributed by atoms with Gasteiger partial charge in [0, 0.05) is 40.3 Å². The Morgan fingerprint density at radius 1 is 1.08 bits per heavy atom. The number of nitrogens with one attached hydrogen (secondary N) is 2. The number of benzene rings is 3. The normalized spacial score (nSPS) is 15.4. The molecule has 186 valence electrons. The van der Waals surface area contributed by atoms with Crippen molar-refractivity contribution >= 4 is 52.2 Å². The molecule has 1 fully saturated rings. The van der Waals surface area contributed by atoms with Crippen LogP contribution in [-0.2, 0) is 11.2 Å². The highest BCUT2D eigenvalue weighted by Gasteiger charge is 2.29. The Balaban J connectivity index is 0.00000304. The van der Waals surface area contributed by atoms with E-state index in [-0.39, 0.29) is 29.8 Å². The van der Waals surface area contributed by atoms with Crippen LogP contribution in [0.5, 0.6) is 0 Å². The van der Waals surface area contributed by atoms with E-state index in [0.717, 1.165) is 47.0 Å². The number of pyridine rings is 1. The molecule has 1 unspecified atom stereocenters. The van der Waals surface area contributed by atoms with Gasteiger partial charge in [0.25, 0.3) is 5.56 Å². The lowest BCUT2D eigenvalue weighted by atomic mass is 9.93. The first-order valence-corrected chi connectivity index (χ1v) is 12.5. The van der Waals surface area contributed by atoms with Crippen molar-refractivity contribution in [2.24, 2.45) is 5.92 Å². The highest BCUT2D eigenvalue weighted by atomic mass is 35.5. The fourth-order valence-corrected chi connectivity index (χ4v) is 5.09. The molecule has 1 aliphatic rings. The maximum atomic E-state index is 13.4. The second-order valence-corrected chi connectivity index (χ2v) is 9.49. The van der Waals surface area contributed by atoms with Crippen molar-refractivity contribution in [2.45, 2.75) is 26.2 Å². The van der Waals surface area contributed by atoms with E-state index in [1.54, 1.807) is 6.07 Å². The Kier molecular flexibility index (Phi) is 8.02. The zero-order valence-corrected chi connectivity index (χ0v) is 21.7. The molecule has 5 rings (SSSR count). The lowest BCUT2D eigenvalue weighted by Gasteiger charge is -2.34. The van der Waals surface area contributed by atoms with Gasteiger partial charge in [-0.25, -0.2) is 0 Å². The molecule has 36 heavy (non-hydrogen) atoms. The lowest BCUT2D eigenvalue weighted by molar-refractivity contribution is -0.120. The number of halogens is 2. The molecule has 7 heteroatoms. The van der Waals surface area contributed by atoms with Crippen molar-refractivity contribution in [1.82, 2.24) is 4.98 Å². The number of hydrogen-bond donors (Lipinski definition) is 2. The van der Waals surface area contributed by atoms with E-state index in [4.69, 9.17) is 11.6 Å². The minimum atomic E-state index is -0.215. The van der Waals surface area contributed by atoms with Crippen LogP contribution in [0.25, 0.3) is 22.0 Å². The van der Waals surface area contributed by atoms with Crippen LogP contribution < -0.4 is 15.8 Å². The van der Waals surface area contributed by atoms with E-state index in [1.165, 1.54) is 5.56 Å². The summed E-state index contributed by atoms with van der Waals surface area (Å²) in [6.07, 6.45) is 2.57. The third kappa shape index (κ3) is 5.28. The number of H-pyrrole nitrogens is 1. The molecule has 1 atom stereocenters. The summed E-state index contributed by atoms with van der Waals surface area (Å²) in [7, 11) is 0. The topological polar surface area (TPSA) is 65.2 Å². The van der Waals surface area contributed by atoms with E-state index < -0.39 is 0 Å². The Bertz CT molecular complexity index is 1420. The first kappa shape index (κ1) is 25.8. The molecule has 0 radical (unpaired) electrons. The summed E-state index contributed by atoms with van der Waals surface area (Å²) in [4.78, 5) is 31.7. The van der Waals surface area contributed by atoms with Gasteiger partial charge in [-0.3, -0.25) is 9.59 Å². The lowest BCUT2D eigenvalue weighted by Crippen LogP contribution is -2.43. The average molecular weight is 522 g/mol. The van der Waals surface area contributed by atoms with E-state index in [1.807, 2.05) is 66.7 Å². The van der Waals surface area contributed by atoms with Crippen LogP contribution in [-0.4, -0.2) is 24.0 Å². The van der Waals surface area contributed by atoms with E-state index in [9.17, 15) is 9.59 Å². The van der Waals surface area contributed by atoms with Crippen LogP contribution in [0.3, 0.4) is 0 Å². The SMILES string of the molecule is CCc1ccc(NC(=O)C2CCCN(c3c(-c4ccccc4)c4cc(Cl)ccc4[nH]c3=O)C2)cc1.Cl. The van der Waals surface area contributed by atoms with Gasteiger partial charge >= 0.3 is 0 Å². The third-order valence-electron chi connectivity index (χ3n) is 6.75. The predicted molar refractivity (Wildman–Crippen MR) is 152 cm³/mol. The minimum absolute atomic E-state index is 0. The smallest absolute Gasteiger partial charge is 0.272 e. The number of anilines is 2. The maximum absolute atomic E-state index is 13.4. The summed E-state index contributed by atoms with van der Waals surface area (Å²) >= 11 is 6.36. The molecule has 2 N–H and O–H groups in total. The summed E-state index contributed by atoms with van der Waals surface area (Å²) in [6.45, 7) is 3.30. The molecule has 3 aromatic carbocycles. The van der Waals surface area contributed by atoms with Gasteiger partial charge in [-0.2, -0.15) is 0 Å². The van der Waals surface area contributed by atoms with Crippen molar-refractivity contribution in [2.75, 3.05) is 23.3 Å². The zero-order chi connectivity index (χ0) is 24.4. The number of amides is 1. The zero-order valence-electron chi connectivity index (χ0n) is 20.1. The van der Waals surface area contributed by atoms with Gasteiger partial charge < -0.3 is 15.2 Å². The van der Waals surface area contributed by atoms with Crippen LogP contribution in [0.1, 0.15) is 25.3 Å². The van der Waals surface area contributed by atoms with Gasteiger partial charge in [0.05, 0.1) is 5.92 Å². The van der Waals surface area contributed by atoms with Gasteiger partial charge in [0.2, 0.25) is 5.91 Å². The molecule has 5 nitrogen and oxygen atoms in total. The van der Waals surface area contributed by atoms with Crippen LogP contribution in [0.2, 0.25) is 5.02 Å². The largest absolute Gasteiger partial charge is 0.366 e. The monoisotopic (exact) mass is 521 g/mol. The quantitative estimate of drug-likeness (QED) is 0.307. The van der Waals surface area contributed by atoms with Gasteiger partial charge in [-0.1, -0.05) is 61.0 Å². The Morgan fingerprint density at radius 3 is 2.56 bits per heavy atom. The molecule has 1 saturated heterocycles. The maximum Gasteiger partial charge on any atom is 0.272 e. The number of hydrogen-bond acceptors (Lipinski definition) is 3. The van der Waals surface area contributed by atoms with Crippen LogP contribution in [0.4, 0.5) is 11.4 Å². The second-order valence-electron chi connectivity index (χ2n) is 9.06. The summed E-state index contributed by atoms with van der Waals surface area (Å²) in [6, 6.07) is 23.4. The van der Waals surface area contributed by atoms with Crippen molar-refractivity contribution in [1.29, 1.82) is 0 Å². The van der Waals surface area contributed by atoms with Gasteiger partial charge in [-0.05, 0) is 60.7 Å². The number of fused-ring (bicyclic) bond motifs is 1. The van der Waals surface area contributed by atoms with E-state index >= 15 is 0 Å². The molecule has 2 heterocycles. The third-order valence-corrected chi connectivity index (χ3v) is 6.99. The van der Waals surface area contributed by atoms with Crippen molar-refractivity contribution in [3.05, 3.63) is 93.7 Å². The highest BCUT2D eigenvalue weighted by molar-refractivity contribution is 6.31. The summed E-state index contributed by atoms with van der Waals surface area (Å²) < 4.78 is 0. The molecule has 1 aliphatic heterocycles. The second kappa shape index (κ2) is 11.2. The number of piperidine rings is 1. The Hall–Kier alpha value is -3.28. The molecule has 0 spiro atoms. The average Bonchev–Trinajstić information content (AvgIpc) is 2.89. The molecule has 0 saturated carbocycles. The summed E-state index contributed by atoms with van der Waals surface area (Å²) in [5.74, 6) is -0.229. The number of carbonyl (C=O) groups is 1. The van der Waals surface area contributed by atoms with E-state index in [2.05, 4.69) is 22.1 Å². The van der Waals surface area contributed by atoms with Gasteiger partial charge in [-0.15, -0.1) is 12.4 Å². The fourth-order valence-electron chi connectivity index (χ4n) is 4.92. The molecule has 4 aromatic rings. The molecular weight excluding hydrogens is 493 g/mol. The minimum Gasteiger partial charge on any atom is -0.366 e. The number of nitrogens with zero attached hydrogens (tertiary/aromatic N) is 1. The summed E-state index contributed by atoms with van der Waals surface area (Å²) in [5.41, 5.74) is 5.00. The molecule has 0 aliphatic carbocycles. The first-order valence-electron chi connectivity index (χ1n) is 12.1. The van der Waals surface area contributed by atoms with Crippen molar-refractivity contribution in [3.8, 4) is 11.1 Å². The molecule has 1 amide bonds. The first-order chi connectivity index (χ1) is 17.0. The van der Waals surface area contributed by atoms with Crippen LogP contribution in [0.15, 0.2) is 77.6 Å². The molecule has 1 aromatic heterocycles. The molecule has 0 bridgehead atoms. The number of carbonyl (C=O) groups excluding carboxylic acids is 1. The Labute approximate surface area is 221 Å². The highest BCUT2D eigenvalue weighted by Crippen LogP contribution is 2.37. The number of aromatic amines is 1. The van der Waals surface area contributed by atoms with Crippen LogP contribution >= 0.6 is 24.0 Å². The fraction of sp³-hybridized carbons (Fsp3) is 0.241. The number of aromatic nitrogens is 1. The molecular formula is C29H29Cl2N3O2. The Morgan fingerprint density at radius 2 is 1.83 bits per heavy atom. The standard InChI is InChI=1S/C29H28ClN3O2.ClH/c1-2-19-10-13-23(14-11-19)31-28(34)21-9-6-16-33(18-21)27-26(20-7-4-3-5-8-20)24-17-22(30)12-15-25(24)32-29(27)35;/h3-5,7-8,10-15,17,21H,2,6,9,16,18H2,1H3,(H,31,34)(H,32,35);1H. The predicted octanol–water partition coefficient (Wildman–Crippen LogP) is 6.69. The number of aryl methyl sites for hydroxylation is 1. The van der Waals surface area contributed by atoms with Crippen LogP contribution in [0, 0.1) is 5.92 Å². The van der Waals surface area contributed by atoms with Gasteiger partial charge in [0.15, 0.2) is 0 Å². The van der Waals surface area contributed by atoms with Gasteiger partial charge in [0.1, 0.15) is 5.69 Å². The summed E-state index contributed by atoms with van der Waals surface area (Å²) in [5, 5.41) is 4.56.